The molecular formula is C19H39N. The van der Waals surface area contributed by atoms with Crippen LogP contribution in [0, 0.1) is 23.7 Å². The van der Waals surface area contributed by atoms with Crippen molar-refractivity contribution in [3.05, 3.63) is 0 Å². The summed E-state index contributed by atoms with van der Waals surface area (Å²) in [7, 11) is 2.12. The molecule has 0 aromatic rings. The molecule has 1 aliphatic rings. The van der Waals surface area contributed by atoms with Gasteiger partial charge in [0.25, 0.3) is 0 Å². The van der Waals surface area contributed by atoms with Gasteiger partial charge in [-0.25, -0.2) is 0 Å². The molecule has 0 amide bonds. The lowest BCUT2D eigenvalue weighted by Gasteiger charge is -2.38. The lowest BCUT2D eigenvalue weighted by atomic mass is 9.69. The smallest absolute Gasteiger partial charge is 0.00209 e. The highest BCUT2D eigenvalue weighted by atomic mass is 14.8. The van der Waals surface area contributed by atoms with Crippen LogP contribution in [0.5, 0.6) is 0 Å². The van der Waals surface area contributed by atoms with Gasteiger partial charge in [0.05, 0.1) is 0 Å². The van der Waals surface area contributed by atoms with Gasteiger partial charge in [-0.2, -0.15) is 0 Å². The van der Waals surface area contributed by atoms with Gasteiger partial charge in [0.1, 0.15) is 0 Å². The van der Waals surface area contributed by atoms with E-state index in [0.29, 0.717) is 0 Å². The third-order valence-electron chi connectivity index (χ3n) is 5.52. The van der Waals surface area contributed by atoms with Crippen molar-refractivity contribution in [1.82, 2.24) is 5.32 Å². The molecule has 0 heterocycles. The topological polar surface area (TPSA) is 12.0 Å². The van der Waals surface area contributed by atoms with Crippen LogP contribution in [0.3, 0.4) is 0 Å². The van der Waals surface area contributed by atoms with Gasteiger partial charge in [-0.1, -0.05) is 65.7 Å². The largest absolute Gasteiger partial charge is 0.319 e. The Morgan fingerprint density at radius 1 is 0.950 bits per heavy atom. The maximum Gasteiger partial charge on any atom is -0.00209 e. The first-order chi connectivity index (χ1) is 9.69. The van der Waals surface area contributed by atoms with Crippen LogP contribution in [0.1, 0.15) is 85.0 Å². The van der Waals surface area contributed by atoms with Crippen molar-refractivity contribution in [2.75, 3.05) is 13.6 Å². The second-order valence-electron chi connectivity index (χ2n) is 7.45. The predicted molar refractivity (Wildman–Crippen MR) is 91.1 cm³/mol. The number of unbranched alkanes of at least 4 members (excludes halogenated alkanes) is 5. The van der Waals surface area contributed by atoms with E-state index in [1.54, 1.807) is 0 Å². The highest BCUT2D eigenvalue weighted by Crippen LogP contribution is 2.39. The molecule has 0 aliphatic heterocycles. The summed E-state index contributed by atoms with van der Waals surface area (Å²) in [6, 6.07) is 0. The van der Waals surface area contributed by atoms with E-state index in [2.05, 4.69) is 33.1 Å². The second-order valence-corrected chi connectivity index (χ2v) is 7.45. The van der Waals surface area contributed by atoms with E-state index in [9.17, 15) is 0 Å². The van der Waals surface area contributed by atoms with Crippen molar-refractivity contribution in [3.8, 4) is 0 Å². The molecule has 1 rings (SSSR count). The number of hydrogen-bond acceptors (Lipinski definition) is 1. The van der Waals surface area contributed by atoms with Crippen molar-refractivity contribution >= 4 is 0 Å². The SMILES string of the molecule is CCCCCCCCC1CC(C(C)C)CCC1CNC. The minimum absolute atomic E-state index is 0.887. The molecule has 20 heavy (non-hydrogen) atoms. The van der Waals surface area contributed by atoms with Crippen molar-refractivity contribution in [2.45, 2.75) is 85.0 Å². The van der Waals surface area contributed by atoms with Gasteiger partial charge in [-0.15, -0.1) is 0 Å². The lowest BCUT2D eigenvalue weighted by Crippen LogP contribution is -2.33. The summed E-state index contributed by atoms with van der Waals surface area (Å²) in [6.45, 7) is 8.39. The Hall–Kier alpha value is -0.0400. The highest BCUT2D eigenvalue weighted by molar-refractivity contribution is 4.82. The van der Waals surface area contributed by atoms with Crippen LogP contribution in [0.4, 0.5) is 0 Å². The first kappa shape index (κ1) is 18.0. The van der Waals surface area contributed by atoms with Crippen LogP contribution in [-0.4, -0.2) is 13.6 Å². The molecule has 0 saturated heterocycles. The molecule has 0 aromatic heterocycles. The average molecular weight is 282 g/mol. The van der Waals surface area contributed by atoms with Crippen molar-refractivity contribution in [2.24, 2.45) is 23.7 Å². The van der Waals surface area contributed by atoms with Crippen molar-refractivity contribution in [1.29, 1.82) is 0 Å². The molecule has 120 valence electrons. The summed E-state index contributed by atoms with van der Waals surface area (Å²) in [5.41, 5.74) is 0. The molecule has 1 N–H and O–H groups in total. The zero-order chi connectivity index (χ0) is 14.8. The van der Waals surface area contributed by atoms with Gasteiger partial charge in [0.2, 0.25) is 0 Å². The van der Waals surface area contributed by atoms with E-state index in [4.69, 9.17) is 0 Å². The van der Waals surface area contributed by atoms with Crippen LogP contribution in [0.2, 0.25) is 0 Å². The molecule has 0 spiro atoms. The van der Waals surface area contributed by atoms with E-state index in [1.165, 1.54) is 70.8 Å². The summed E-state index contributed by atoms with van der Waals surface area (Å²) in [6.07, 6.45) is 14.6. The minimum Gasteiger partial charge on any atom is -0.319 e. The average Bonchev–Trinajstić information content (AvgIpc) is 2.44. The van der Waals surface area contributed by atoms with Gasteiger partial charge in [0.15, 0.2) is 0 Å². The van der Waals surface area contributed by atoms with Gasteiger partial charge in [-0.05, 0) is 56.5 Å². The minimum atomic E-state index is 0.887. The molecule has 0 aromatic carbocycles. The Morgan fingerprint density at radius 2 is 1.65 bits per heavy atom. The number of rotatable bonds is 10. The Labute approximate surface area is 128 Å². The first-order valence-electron chi connectivity index (χ1n) is 9.33. The monoisotopic (exact) mass is 281 g/mol. The molecule has 1 nitrogen and oxygen atoms in total. The Morgan fingerprint density at radius 3 is 2.30 bits per heavy atom. The molecule has 1 heteroatoms. The molecule has 1 saturated carbocycles. The molecule has 1 fully saturated rings. The lowest BCUT2D eigenvalue weighted by molar-refractivity contribution is 0.137. The van der Waals surface area contributed by atoms with Gasteiger partial charge < -0.3 is 5.32 Å². The van der Waals surface area contributed by atoms with E-state index in [0.717, 1.165) is 23.7 Å². The standard InChI is InChI=1S/C19H39N/c1-5-6-7-8-9-10-11-18-14-17(16(2)3)12-13-19(18)15-20-4/h16-20H,5-15H2,1-4H3. The molecule has 1 aliphatic carbocycles. The summed E-state index contributed by atoms with van der Waals surface area (Å²) in [5, 5.41) is 3.43. The maximum atomic E-state index is 3.43. The van der Waals surface area contributed by atoms with E-state index in [1.807, 2.05) is 0 Å². The third kappa shape index (κ3) is 6.61. The fourth-order valence-corrected chi connectivity index (χ4v) is 4.04. The van der Waals surface area contributed by atoms with E-state index < -0.39 is 0 Å². The number of nitrogens with one attached hydrogen (secondary N) is 1. The molecule has 0 bridgehead atoms. The van der Waals surface area contributed by atoms with Gasteiger partial charge in [0, 0.05) is 0 Å². The van der Waals surface area contributed by atoms with Crippen LogP contribution in [-0.2, 0) is 0 Å². The Balaban J connectivity index is 2.28. The highest BCUT2D eigenvalue weighted by Gasteiger charge is 2.30. The third-order valence-corrected chi connectivity index (χ3v) is 5.52. The molecule has 3 atom stereocenters. The van der Waals surface area contributed by atoms with Crippen LogP contribution in [0.25, 0.3) is 0 Å². The van der Waals surface area contributed by atoms with Gasteiger partial charge >= 0.3 is 0 Å². The quantitative estimate of drug-likeness (QED) is 0.511. The summed E-state index contributed by atoms with van der Waals surface area (Å²) >= 11 is 0. The Kier molecular flexibility index (Phi) is 9.59. The first-order valence-corrected chi connectivity index (χ1v) is 9.33. The van der Waals surface area contributed by atoms with Crippen molar-refractivity contribution in [3.63, 3.8) is 0 Å². The van der Waals surface area contributed by atoms with E-state index >= 15 is 0 Å². The summed E-state index contributed by atoms with van der Waals surface area (Å²) in [4.78, 5) is 0. The maximum absolute atomic E-state index is 3.43. The summed E-state index contributed by atoms with van der Waals surface area (Å²) in [5.74, 6) is 3.83. The van der Waals surface area contributed by atoms with Crippen LogP contribution < -0.4 is 5.32 Å². The zero-order valence-electron chi connectivity index (χ0n) is 14.6. The van der Waals surface area contributed by atoms with Crippen LogP contribution >= 0.6 is 0 Å². The predicted octanol–water partition coefficient (Wildman–Crippen LogP) is 5.64. The molecule has 3 unspecified atom stereocenters. The van der Waals surface area contributed by atoms with Gasteiger partial charge in [-0.3, -0.25) is 0 Å². The molecular weight excluding hydrogens is 242 g/mol. The molecule has 0 radical (unpaired) electrons. The summed E-state index contributed by atoms with van der Waals surface area (Å²) < 4.78 is 0. The fraction of sp³-hybridized carbons (Fsp3) is 1.00. The zero-order valence-corrected chi connectivity index (χ0v) is 14.6. The van der Waals surface area contributed by atoms with Crippen molar-refractivity contribution < 1.29 is 0 Å². The van der Waals surface area contributed by atoms with Crippen LogP contribution in [0.15, 0.2) is 0 Å². The number of hydrogen-bond donors (Lipinski definition) is 1. The second kappa shape index (κ2) is 10.7. The fourth-order valence-electron chi connectivity index (χ4n) is 4.04. The van der Waals surface area contributed by atoms with E-state index in [-0.39, 0.29) is 0 Å². The Bertz CT molecular complexity index is 224. The normalized spacial score (nSPS) is 27.1.